The van der Waals surface area contributed by atoms with Crippen LogP contribution in [0.15, 0.2) is 134 Å². The molecule has 0 atom stereocenters. The van der Waals surface area contributed by atoms with Crippen LogP contribution in [0.4, 0.5) is 0 Å². The molecule has 4 nitrogen and oxygen atoms in total. The summed E-state index contributed by atoms with van der Waals surface area (Å²) in [4.78, 5) is 10.4. The highest BCUT2D eigenvalue weighted by Crippen LogP contribution is 2.37. The molecule has 0 aliphatic heterocycles. The first-order valence-corrected chi connectivity index (χ1v) is 12.8. The molecule has 0 fully saturated rings. The third-order valence-corrected chi connectivity index (χ3v) is 7.36. The standard InChI is InChI=1S/C34H22N4/c1-3-12-24(13-4-1)33-28-21-37(25-14-5-2-6-15-25)22-29(28)35-34(36-33)38-30-18-10-9-17-27(30)32-26-16-8-7-11-23(26)19-20-31(32)38/h1-22H. The van der Waals surface area contributed by atoms with Gasteiger partial charge in [-0.05, 0) is 35.0 Å². The monoisotopic (exact) mass is 486 g/mol. The van der Waals surface area contributed by atoms with Gasteiger partial charge in [0, 0.05) is 39.8 Å². The predicted molar refractivity (Wildman–Crippen MR) is 156 cm³/mol. The van der Waals surface area contributed by atoms with Crippen molar-refractivity contribution in [3.05, 3.63) is 134 Å². The molecule has 178 valence electrons. The van der Waals surface area contributed by atoms with Crippen LogP contribution in [0.25, 0.3) is 66.4 Å². The largest absolute Gasteiger partial charge is 0.321 e. The molecular weight excluding hydrogens is 464 g/mol. The minimum atomic E-state index is 0.670. The van der Waals surface area contributed by atoms with Gasteiger partial charge in [0.2, 0.25) is 5.95 Å². The van der Waals surface area contributed by atoms with E-state index in [1.54, 1.807) is 0 Å². The topological polar surface area (TPSA) is 35.6 Å². The van der Waals surface area contributed by atoms with E-state index < -0.39 is 0 Å². The minimum Gasteiger partial charge on any atom is -0.321 e. The summed E-state index contributed by atoms with van der Waals surface area (Å²) >= 11 is 0. The van der Waals surface area contributed by atoms with Crippen LogP contribution in [0.5, 0.6) is 0 Å². The lowest BCUT2D eigenvalue weighted by molar-refractivity contribution is 1.01. The van der Waals surface area contributed by atoms with E-state index in [9.17, 15) is 0 Å². The van der Waals surface area contributed by atoms with E-state index in [1.807, 2.05) is 12.1 Å². The summed E-state index contributed by atoms with van der Waals surface area (Å²) in [5.41, 5.74) is 6.19. The van der Waals surface area contributed by atoms with Crippen LogP contribution < -0.4 is 0 Å². The van der Waals surface area contributed by atoms with Crippen LogP contribution in [0, 0.1) is 0 Å². The van der Waals surface area contributed by atoms with E-state index in [0.29, 0.717) is 5.95 Å². The average molecular weight is 487 g/mol. The number of rotatable bonds is 3. The molecule has 0 aliphatic rings. The van der Waals surface area contributed by atoms with E-state index in [1.165, 1.54) is 21.5 Å². The van der Waals surface area contributed by atoms with Crippen LogP contribution in [0.3, 0.4) is 0 Å². The molecule has 0 bridgehead atoms. The molecule has 0 unspecified atom stereocenters. The molecule has 0 radical (unpaired) electrons. The van der Waals surface area contributed by atoms with Crippen molar-refractivity contribution in [1.82, 2.24) is 19.1 Å². The highest BCUT2D eigenvalue weighted by Gasteiger charge is 2.19. The van der Waals surface area contributed by atoms with E-state index in [-0.39, 0.29) is 0 Å². The Morgan fingerprint density at radius 1 is 0.500 bits per heavy atom. The van der Waals surface area contributed by atoms with Gasteiger partial charge in [-0.2, -0.15) is 0 Å². The summed E-state index contributed by atoms with van der Waals surface area (Å²) < 4.78 is 4.35. The van der Waals surface area contributed by atoms with E-state index in [2.05, 4.69) is 131 Å². The number of benzene rings is 5. The molecule has 5 aromatic carbocycles. The Bertz CT molecular complexity index is 2120. The van der Waals surface area contributed by atoms with Gasteiger partial charge in [-0.1, -0.05) is 97.1 Å². The number of aromatic nitrogens is 4. The van der Waals surface area contributed by atoms with Crippen LogP contribution >= 0.6 is 0 Å². The Hall–Kier alpha value is -5.22. The number of nitrogens with zero attached hydrogens (tertiary/aromatic N) is 4. The normalized spacial score (nSPS) is 11.7. The third kappa shape index (κ3) is 3.10. The quantitative estimate of drug-likeness (QED) is 0.252. The summed E-state index contributed by atoms with van der Waals surface area (Å²) in [6, 6.07) is 42.2. The maximum absolute atomic E-state index is 5.24. The SMILES string of the molecule is c1ccc(-c2nc(-n3c4ccccc4c4c5ccccc5ccc43)nc3cn(-c4ccccc4)cc23)cc1. The fourth-order valence-electron chi connectivity index (χ4n) is 5.63. The minimum absolute atomic E-state index is 0.670. The summed E-state index contributed by atoms with van der Waals surface area (Å²) in [5, 5.41) is 5.91. The van der Waals surface area contributed by atoms with Crippen LogP contribution in [-0.4, -0.2) is 19.1 Å². The number of fused-ring (bicyclic) bond motifs is 6. The highest BCUT2D eigenvalue weighted by molar-refractivity contribution is 6.21. The van der Waals surface area contributed by atoms with Crippen LogP contribution in [0.2, 0.25) is 0 Å². The molecule has 38 heavy (non-hydrogen) atoms. The van der Waals surface area contributed by atoms with Gasteiger partial charge < -0.3 is 4.57 Å². The van der Waals surface area contributed by atoms with Gasteiger partial charge in [0.1, 0.15) is 0 Å². The zero-order valence-corrected chi connectivity index (χ0v) is 20.5. The van der Waals surface area contributed by atoms with Crippen molar-refractivity contribution < 1.29 is 0 Å². The maximum atomic E-state index is 5.24. The zero-order valence-electron chi connectivity index (χ0n) is 20.5. The lowest BCUT2D eigenvalue weighted by atomic mass is 10.0. The maximum Gasteiger partial charge on any atom is 0.235 e. The number of para-hydroxylation sites is 2. The van der Waals surface area contributed by atoms with Crippen molar-refractivity contribution in [1.29, 1.82) is 0 Å². The predicted octanol–water partition coefficient (Wildman–Crippen LogP) is 8.34. The highest BCUT2D eigenvalue weighted by atomic mass is 15.2. The molecule has 3 aromatic heterocycles. The summed E-state index contributed by atoms with van der Waals surface area (Å²) in [6.07, 6.45) is 4.24. The summed E-state index contributed by atoms with van der Waals surface area (Å²) in [6.45, 7) is 0. The van der Waals surface area contributed by atoms with Crippen molar-refractivity contribution in [2.24, 2.45) is 0 Å². The molecule has 0 saturated heterocycles. The van der Waals surface area contributed by atoms with Crippen molar-refractivity contribution in [3.63, 3.8) is 0 Å². The zero-order chi connectivity index (χ0) is 25.1. The van der Waals surface area contributed by atoms with E-state index in [0.717, 1.165) is 38.9 Å². The Balaban J connectivity index is 1.48. The molecule has 0 aliphatic carbocycles. The Labute approximate surface area is 219 Å². The second-order valence-corrected chi connectivity index (χ2v) is 9.57. The van der Waals surface area contributed by atoms with Gasteiger partial charge in [0.15, 0.2) is 0 Å². The Morgan fingerprint density at radius 3 is 2.05 bits per heavy atom. The molecule has 8 rings (SSSR count). The van der Waals surface area contributed by atoms with Gasteiger partial charge in [0.05, 0.1) is 22.2 Å². The first-order chi connectivity index (χ1) is 18.8. The van der Waals surface area contributed by atoms with Crippen LogP contribution in [-0.2, 0) is 0 Å². The number of hydrogen-bond donors (Lipinski definition) is 0. The van der Waals surface area contributed by atoms with Gasteiger partial charge in [-0.25, -0.2) is 9.97 Å². The summed E-state index contributed by atoms with van der Waals surface area (Å²) in [7, 11) is 0. The fourth-order valence-corrected chi connectivity index (χ4v) is 5.63. The van der Waals surface area contributed by atoms with Crippen molar-refractivity contribution >= 4 is 43.5 Å². The molecule has 0 amide bonds. The van der Waals surface area contributed by atoms with Gasteiger partial charge >= 0.3 is 0 Å². The summed E-state index contributed by atoms with van der Waals surface area (Å²) in [5.74, 6) is 0.670. The lowest BCUT2D eigenvalue weighted by Crippen LogP contribution is -2.02. The second-order valence-electron chi connectivity index (χ2n) is 9.57. The van der Waals surface area contributed by atoms with Crippen molar-refractivity contribution in [3.8, 4) is 22.9 Å². The van der Waals surface area contributed by atoms with Crippen LogP contribution in [0.1, 0.15) is 0 Å². The Kier molecular flexibility index (Phi) is 4.49. The second kappa shape index (κ2) is 8.15. The molecule has 0 N–H and O–H groups in total. The van der Waals surface area contributed by atoms with Gasteiger partial charge in [0.25, 0.3) is 0 Å². The number of hydrogen-bond acceptors (Lipinski definition) is 2. The Morgan fingerprint density at radius 2 is 1.21 bits per heavy atom. The third-order valence-electron chi connectivity index (χ3n) is 7.36. The van der Waals surface area contributed by atoms with Gasteiger partial charge in [-0.3, -0.25) is 4.57 Å². The smallest absolute Gasteiger partial charge is 0.235 e. The fraction of sp³-hybridized carbons (Fsp3) is 0. The van der Waals surface area contributed by atoms with E-state index >= 15 is 0 Å². The molecular formula is C34H22N4. The van der Waals surface area contributed by atoms with Crippen molar-refractivity contribution in [2.45, 2.75) is 0 Å². The molecule has 8 aromatic rings. The van der Waals surface area contributed by atoms with Crippen molar-refractivity contribution in [2.75, 3.05) is 0 Å². The average Bonchev–Trinajstić information content (AvgIpc) is 3.57. The molecule has 0 spiro atoms. The van der Waals surface area contributed by atoms with E-state index in [4.69, 9.17) is 9.97 Å². The molecule has 4 heteroatoms. The first kappa shape index (κ1) is 20.9. The lowest BCUT2D eigenvalue weighted by Gasteiger charge is -2.10. The molecule has 3 heterocycles. The van der Waals surface area contributed by atoms with Gasteiger partial charge in [-0.15, -0.1) is 0 Å². The first-order valence-electron chi connectivity index (χ1n) is 12.8. The molecule has 0 saturated carbocycles.